The molecular weight excluding hydrogens is 268 g/mol. The Bertz CT molecular complexity index is 551. The molecule has 3 heterocycles. The number of nitrogens with zero attached hydrogens (tertiary/aromatic N) is 2. The van der Waals surface area contributed by atoms with E-state index in [-0.39, 0.29) is 17.2 Å². The Hall–Kier alpha value is -1.85. The number of hydrogen-bond acceptors (Lipinski definition) is 3. The van der Waals surface area contributed by atoms with Crippen LogP contribution in [0, 0.1) is 19.3 Å². The average Bonchev–Trinajstić information content (AvgIpc) is 2.97. The van der Waals surface area contributed by atoms with Gasteiger partial charge in [-0.3, -0.25) is 14.7 Å². The Morgan fingerprint density at radius 2 is 2.05 bits per heavy atom. The molecule has 2 aliphatic heterocycles. The van der Waals surface area contributed by atoms with E-state index in [2.05, 4.69) is 15.5 Å². The molecule has 2 saturated heterocycles. The third kappa shape index (κ3) is 2.66. The minimum atomic E-state index is 0.0926. The molecule has 3 rings (SSSR count). The van der Waals surface area contributed by atoms with Crippen LogP contribution < -0.4 is 5.32 Å². The van der Waals surface area contributed by atoms with Crippen LogP contribution in [0.15, 0.2) is 0 Å². The van der Waals surface area contributed by atoms with Gasteiger partial charge >= 0.3 is 0 Å². The van der Waals surface area contributed by atoms with Crippen LogP contribution in [0.25, 0.3) is 0 Å². The lowest BCUT2D eigenvalue weighted by Gasteiger charge is -2.38. The summed E-state index contributed by atoms with van der Waals surface area (Å²) in [5.74, 6) is 0.314. The standard InChI is InChI=1S/C15H22N4O2/c1-10-12(11(2)18-17-10)7-14(21)19-5-3-15(4-6-19)8-13(20)16-9-15/h3-9H2,1-2H3,(H,16,20)(H,17,18). The maximum absolute atomic E-state index is 12.4. The zero-order chi connectivity index (χ0) is 15.0. The van der Waals surface area contributed by atoms with Gasteiger partial charge in [-0.05, 0) is 32.1 Å². The zero-order valence-electron chi connectivity index (χ0n) is 12.7. The van der Waals surface area contributed by atoms with E-state index in [4.69, 9.17) is 0 Å². The van der Waals surface area contributed by atoms with Gasteiger partial charge in [0.1, 0.15) is 0 Å². The van der Waals surface area contributed by atoms with Gasteiger partial charge in [-0.1, -0.05) is 0 Å². The van der Waals surface area contributed by atoms with Crippen LogP contribution in [0.3, 0.4) is 0 Å². The van der Waals surface area contributed by atoms with E-state index in [1.54, 1.807) is 0 Å². The highest BCUT2D eigenvalue weighted by Gasteiger charge is 2.41. The Morgan fingerprint density at radius 3 is 2.57 bits per heavy atom. The minimum Gasteiger partial charge on any atom is -0.356 e. The minimum absolute atomic E-state index is 0.0926. The van der Waals surface area contributed by atoms with Gasteiger partial charge in [-0.25, -0.2) is 0 Å². The van der Waals surface area contributed by atoms with E-state index >= 15 is 0 Å². The maximum Gasteiger partial charge on any atom is 0.227 e. The fourth-order valence-corrected chi connectivity index (χ4v) is 3.43. The van der Waals surface area contributed by atoms with Crippen LogP contribution in [-0.4, -0.2) is 46.5 Å². The molecule has 21 heavy (non-hydrogen) atoms. The normalized spacial score (nSPS) is 20.9. The molecule has 0 unspecified atom stereocenters. The second-order valence-corrected chi connectivity index (χ2v) is 6.42. The van der Waals surface area contributed by atoms with Crippen molar-refractivity contribution >= 4 is 11.8 Å². The summed E-state index contributed by atoms with van der Waals surface area (Å²) in [5.41, 5.74) is 2.98. The largest absolute Gasteiger partial charge is 0.356 e. The van der Waals surface area contributed by atoms with Gasteiger partial charge in [-0.15, -0.1) is 0 Å². The van der Waals surface area contributed by atoms with Crippen LogP contribution in [0.1, 0.15) is 36.2 Å². The number of carbonyl (C=O) groups excluding carboxylic acids is 2. The number of carbonyl (C=O) groups is 2. The fourth-order valence-electron chi connectivity index (χ4n) is 3.43. The van der Waals surface area contributed by atoms with E-state index in [1.165, 1.54) is 0 Å². The van der Waals surface area contributed by atoms with Gasteiger partial charge in [-0.2, -0.15) is 5.10 Å². The van der Waals surface area contributed by atoms with Crippen molar-refractivity contribution in [3.63, 3.8) is 0 Å². The SMILES string of the molecule is Cc1n[nH]c(C)c1CC(=O)N1CCC2(CC1)CNC(=O)C2. The van der Waals surface area contributed by atoms with E-state index in [0.717, 1.165) is 49.4 Å². The molecule has 0 aliphatic carbocycles. The van der Waals surface area contributed by atoms with Crippen molar-refractivity contribution in [2.75, 3.05) is 19.6 Å². The fraction of sp³-hybridized carbons (Fsp3) is 0.667. The summed E-state index contributed by atoms with van der Waals surface area (Å²) in [5, 5.41) is 9.98. The van der Waals surface area contributed by atoms with E-state index in [0.29, 0.717) is 12.8 Å². The Balaban J connectivity index is 1.59. The lowest BCUT2D eigenvalue weighted by molar-refractivity contribution is -0.132. The lowest BCUT2D eigenvalue weighted by atomic mass is 9.77. The van der Waals surface area contributed by atoms with Crippen LogP contribution in [0.2, 0.25) is 0 Å². The molecule has 2 amide bonds. The quantitative estimate of drug-likeness (QED) is 0.841. The number of aromatic nitrogens is 2. The highest BCUT2D eigenvalue weighted by atomic mass is 16.2. The third-order valence-electron chi connectivity index (χ3n) is 4.98. The number of hydrogen-bond donors (Lipinski definition) is 2. The second-order valence-electron chi connectivity index (χ2n) is 6.42. The molecule has 6 heteroatoms. The van der Waals surface area contributed by atoms with Crippen LogP contribution >= 0.6 is 0 Å². The number of rotatable bonds is 2. The summed E-state index contributed by atoms with van der Waals surface area (Å²) in [4.78, 5) is 25.8. The topological polar surface area (TPSA) is 78.1 Å². The first-order valence-corrected chi connectivity index (χ1v) is 7.54. The van der Waals surface area contributed by atoms with Gasteiger partial charge in [0.05, 0.1) is 12.1 Å². The molecule has 0 aromatic carbocycles. The monoisotopic (exact) mass is 290 g/mol. The van der Waals surface area contributed by atoms with Crippen molar-refractivity contribution in [2.45, 2.75) is 39.5 Å². The third-order valence-corrected chi connectivity index (χ3v) is 4.98. The highest BCUT2D eigenvalue weighted by Crippen LogP contribution is 2.37. The number of aromatic amines is 1. The predicted molar refractivity (Wildman–Crippen MR) is 77.6 cm³/mol. The predicted octanol–water partition coefficient (Wildman–Crippen LogP) is 0.698. The summed E-state index contributed by atoms with van der Waals surface area (Å²) in [6, 6.07) is 0. The van der Waals surface area contributed by atoms with Gasteiger partial charge in [0.25, 0.3) is 0 Å². The summed E-state index contributed by atoms with van der Waals surface area (Å²) in [7, 11) is 0. The maximum atomic E-state index is 12.4. The van der Waals surface area contributed by atoms with Crippen molar-refractivity contribution in [2.24, 2.45) is 5.41 Å². The molecule has 2 aliphatic rings. The highest BCUT2D eigenvalue weighted by molar-refractivity contribution is 5.80. The zero-order valence-corrected chi connectivity index (χ0v) is 12.7. The number of piperidine rings is 1. The molecule has 6 nitrogen and oxygen atoms in total. The van der Waals surface area contributed by atoms with Crippen LogP contribution in [0.5, 0.6) is 0 Å². The average molecular weight is 290 g/mol. The van der Waals surface area contributed by atoms with E-state index in [1.807, 2.05) is 18.7 Å². The van der Waals surface area contributed by atoms with Gasteiger partial charge in [0.2, 0.25) is 11.8 Å². The summed E-state index contributed by atoms with van der Waals surface area (Å²) >= 11 is 0. The molecule has 2 fully saturated rings. The molecule has 1 aromatic heterocycles. The molecular formula is C15H22N4O2. The summed E-state index contributed by atoms with van der Waals surface area (Å²) in [6.45, 7) is 6.15. The van der Waals surface area contributed by atoms with Gasteiger partial charge < -0.3 is 10.2 Å². The first-order chi connectivity index (χ1) is 9.99. The molecule has 0 atom stereocenters. The molecule has 1 spiro atoms. The number of amides is 2. The van der Waals surface area contributed by atoms with Crippen LogP contribution in [0.4, 0.5) is 0 Å². The first-order valence-electron chi connectivity index (χ1n) is 7.54. The molecule has 2 N–H and O–H groups in total. The summed E-state index contributed by atoms with van der Waals surface area (Å²) < 4.78 is 0. The molecule has 0 bridgehead atoms. The number of aryl methyl sites for hydroxylation is 2. The van der Waals surface area contributed by atoms with Crippen molar-refractivity contribution in [1.82, 2.24) is 20.4 Å². The van der Waals surface area contributed by atoms with Crippen molar-refractivity contribution < 1.29 is 9.59 Å². The molecule has 1 aromatic rings. The molecule has 0 radical (unpaired) electrons. The van der Waals surface area contributed by atoms with Crippen molar-refractivity contribution in [1.29, 1.82) is 0 Å². The first kappa shape index (κ1) is 14.1. The molecule has 114 valence electrons. The lowest BCUT2D eigenvalue weighted by Crippen LogP contribution is -2.44. The van der Waals surface area contributed by atoms with E-state index in [9.17, 15) is 9.59 Å². The van der Waals surface area contributed by atoms with Gasteiger partial charge in [0.15, 0.2) is 0 Å². The van der Waals surface area contributed by atoms with Gasteiger partial charge in [0, 0.05) is 37.3 Å². The van der Waals surface area contributed by atoms with Crippen molar-refractivity contribution in [3.8, 4) is 0 Å². The second kappa shape index (κ2) is 5.16. The number of H-pyrrole nitrogens is 1. The summed E-state index contributed by atoms with van der Waals surface area (Å²) in [6.07, 6.45) is 2.87. The Morgan fingerprint density at radius 1 is 1.33 bits per heavy atom. The number of likely N-dealkylation sites (tertiary alicyclic amines) is 1. The Labute approximate surface area is 124 Å². The number of nitrogens with one attached hydrogen (secondary N) is 2. The smallest absolute Gasteiger partial charge is 0.227 e. The Kier molecular flexibility index (Phi) is 3.47. The van der Waals surface area contributed by atoms with E-state index < -0.39 is 0 Å². The van der Waals surface area contributed by atoms with Crippen LogP contribution in [-0.2, 0) is 16.0 Å². The van der Waals surface area contributed by atoms with Crippen molar-refractivity contribution in [3.05, 3.63) is 17.0 Å². The molecule has 0 saturated carbocycles.